The van der Waals surface area contributed by atoms with Crippen LogP contribution in [0.3, 0.4) is 0 Å². The van der Waals surface area contributed by atoms with Gasteiger partial charge in [0.05, 0.1) is 6.10 Å². The van der Waals surface area contributed by atoms with Crippen molar-refractivity contribution in [3.63, 3.8) is 0 Å². The minimum Gasteiger partial charge on any atom is -0.398 e. The first kappa shape index (κ1) is 13.2. The Hall–Kier alpha value is -1.81. The number of aromatic nitrogens is 1. The number of anilines is 2. The zero-order valence-electron chi connectivity index (χ0n) is 12.0. The number of nitrogens with zero attached hydrogens (tertiary/aromatic N) is 1. The maximum absolute atomic E-state index is 6.04. The minimum absolute atomic E-state index is 0.324. The number of nitrogen functional groups attached to an aromatic ring is 1. The number of rotatable bonds is 2. The van der Waals surface area contributed by atoms with E-state index in [1.54, 1.807) is 0 Å². The quantitative estimate of drug-likeness (QED) is 0.824. The molecule has 1 aromatic carbocycles. The molecule has 2 aromatic rings. The number of aryl methyl sites for hydroxylation is 1. The lowest BCUT2D eigenvalue weighted by Crippen LogP contribution is -2.32. The van der Waals surface area contributed by atoms with Crippen molar-refractivity contribution in [2.45, 2.75) is 38.8 Å². The molecule has 2 unspecified atom stereocenters. The van der Waals surface area contributed by atoms with E-state index in [0.717, 1.165) is 47.3 Å². The molecular weight excluding hydrogens is 250 g/mol. The molecule has 4 nitrogen and oxygen atoms in total. The predicted octanol–water partition coefficient (Wildman–Crippen LogP) is 3.10. The van der Waals surface area contributed by atoms with Crippen molar-refractivity contribution in [2.24, 2.45) is 0 Å². The zero-order valence-corrected chi connectivity index (χ0v) is 12.0. The van der Waals surface area contributed by atoms with Gasteiger partial charge in [-0.1, -0.05) is 0 Å². The Kier molecular flexibility index (Phi) is 3.49. The van der Waals surface area contributed by atoms with Crippen molar-refractivity contribution in [2.75, 3.05) is 17.7 Å². The molecular formula is C16H21N3O. The van der Waals surface area contributed by atoms with Gasteiger partial charge in [-0.2, -0.15) is 0 Å². The summed E-state index contributed by atoms with van der Waals surface area (Å²) in [5.41, 5.74) is 8.96. The fraction of sp³-hybridized carbons (Fsp3) is 0.438. The fourth-order valence-corrected chi connectivity index (χ4v) is 2.84. The third-order valence-electron chi connectivity index (χ3n) is 3.92. The number of nitrogens with two attached hydrogens (primary N) is 1. The SMILES string of the molecule is Cc1cc2c(NC3CCOC(C)C3)ccc(N)c2cn1. The van der Waals surface area contributed by atoms with E-state index in [9.17, 15) is 0 Å². The van der Waals surface area contributed by atoms with Gasteiger partial charge >= 0.3 is 0 Å². The molecule has 0 bridgehead atoms. The predicted molar refractivity (Wildman–Crippen MR) is 83.0 cm³/mol. The summed E-state index contributed by atoms with van der Waals surface area (Å²) >= 11 is 0. The van der Waals surface area contributed by atoms with Gasteiger partial charge in [0, 0.05) is 46.7 Å². The van der Waals surface area contributed by atoms with E-state index in [4.69, 9.17) is 10.5 Å². The molecule has 20 heavy (non-hydrogen) atoms. The first-order chi connectivity index (χ1) is 9.63. The van der Waals surface area contributed by atoms with E-state index < -0.39 is 0 Å². The molecule has 0 amide bonds. The molecule has 0 radical (unpaired) electrons. The largest absolute Gasteiger partial charge is 0.398 e. The van der Waals surface area contributed by atoms with E-state index in [1.165, 1.54) is 0 Å². The van der Waals surface area contributed by atoms with Crippen LogP contribution < -0.4 is 11.1 Å². The van der Waals surface area contributed by atoms with E-state index in [0.29, 0.717) is 12.1 Å². The lowest BCUT2D eigenvalue weighted by atomic mass is 10.0. The van der Waals surface area contributed by atoms with Crippen LogP contribution in [-0.2, 0) is 4.74 Å². The van der Waals surface area contributed by atoms with Crippen molar-refractivity contribution in [3.05, 3.63) is 30.1 Å². The zero-order chi connectivity index (χ0) is 14.1. The molecule has 0 aliphatic carbocycles. The summed E-state index contributed by atoms with van der Waals surface area (Å²) in [5, 5.41) is 5.81. The maximum atomic E-state index is 6.04. The van der Waals surface area contributed by atoms with Crippen LogP contribution in [0.2, 0.25) is 0 Å². The average molecular weight is 271 g/mol. The summed E-state index contributed by atoms with van der Waals surface area (Å²) in [6.45, 7) is 4.96. The second-order valence-electron chi connectivity index (χ2n) is 5.62. The third kappa shape index (κ3) is 2.56. The van der Waals surface area contributed by atoms with Crippen LogP contribution in [0.1, 0.15) is 25.5 Å². The Morgan fingerprint density at radius 1 is 1.35 bits per heavy atom. The van der Waals surface area contributed by atoms with Crippen molar-refractivity contribution in [1.29, 1.82) is 0 Å². The summed E-state index contributed by atoms with van der Waals surface area (Å²) < 4.78 is 5.60. The van der Waals surface area contributed by atoms with Crippen molar-refractivity contribution < 1.29 is 4.74 Å². The Labute approximate surface area is 119 Å². The first-order valence-corrected chi connectivity index (χ1v) is 7.16. The first-order valence-electron chi connectivity index (χ1n) is 7.16. The number of nitrogens with one attached hydrogen (secondary N) is 1. The monoisotopic (exact) mass is 271 g/mol. The molecule has 0 spiro atoms. The van der Waals surface area contributed by atoms with E-state index >= 15 is 0 Å². The number of hydrogen-bond acceptors (Lipinski definition) is 4. The summed E-state index contributed by atoms with van der Waals surface area (Å²) in [5.74, 6) is 0. The van der Waals surface area contributed by atoms with Gasteiger partial charge in [-0.3, -0.25) is 4.98 Å². The number of ether oxygens (including phenoxy) is 1. The number of hydrogen-bond donors (Lipinski definition) is 2. The summed E-state index contributed by atoms with van der Waals surface area (Å²) in [7, 11) is 0. The number of fused-ring (bicyclic) bond motifs is 1. The molecule has 1 aliphatic rings. The molecule has 3 rings (SSSR count). The topological polar surface area (TPSA) is 60.2 Å². The molecule has 4 heteroatoms. The second kappa shape index (κ2) is 5.29. The van der Waals surface area contributed by atoms with Gasteiger partial charge in [0.2, 0.25) is 0 Å². The molecule has 2 heterocycles. The Balaban J connectivity index is 1.95. The Morgan fingerprint density at radius 2 is 2.20 bits per heavy atom. The molecule has 1 aliphatic heterocycles. The van der Waals surface area contributed by atoms with Gasteiger partial charge in [-0.05, 0) is 44.9 Å². The molecule has 3 N–H and O–H groups in total. The lowest BCUT2D eigenvalue weighted by molar-refractivity contribution is 0.0232. The van der Waals surface area contributed by atoms with Crippen LogP contribution in [0.5, 0.6) is 0 Å². The smallest absolute Gasteiger partial charge is 0.0566 e. The Morgan fingerprint density at radius 3 is 3.00 bits per heavy atom. The van der Waals surface area contributed by atoms with Crippen LogP contribution in [0.15, 0.2) is 24.4 Å². The van der Waals surface area contributed by atoms with Crippen LogP contribution in [-0.4, -0.2) is 23.7 Å². The van der Waals surface area contributed by atoms with Crippen LogP contribution in [0.4, 0.5) is 11.4 Å². The fourth-order valence-electron chi connectivity index (χ4n) is 2.84. The molecule has 1 fully saturated rings. The van der Waals surface area contributed by atoms with Gasteiger partial charge in [0.25, 0.3) is 0 Å². The van der Waals surface area contributed by atoms with Gasteiger partial charge in [-0.25, -0.2) is 0 Å². The number of pyridine rings is 1. The normalized spacial score (nSPS) is 22.9. The highest BCUT2D eigenvalue weighted by Crippen LogP contribution is 2.30. The van der Waals surface area contributed by atoms with Crippen LogP contribution >= 0.6 is 0 Å². The average Bonchev–Trinajstić information content (AvgIpc) is 2.42. The Bertz CT molecular complexity index is 626. The van der Waals surface area contributed by atoms with Gasteiger partial charge in [0.15, 0.2) is 0 Å². The van der Waals surface area contributed by atoms with Crippen LogP contribution in [0, 0.1) is 6.92 Å². The maximum Gasteiger partial charge on any atom is 0.0566 e. The van der Waals surface area contributed by atoms with Crippen molar-refractivity contribution in [1.82, 2.24) is 4.98 Å². The van der Waals surface area contributed by atoms with Gasteiger partial charge < -0.3 is 15.8 Å². The van der Waals surface area contributed by atoms with E-state index in [-0.39, 0.29) is 0 Å². The molecule has 1 saturated heterocycles. The van der Waals surface area contributed by atoms with Crippen molar-refractivity contribution in [3.8, 4) is 0 Å². The van der Waals surface area contributed by atoms with Gasteiger partial charge in [0.1, 0.15) is 0 Å². The second-order valence-corrected chi connectivity index (χ2v) is 5.62. The highest BCUT2D eigenvalue weighted by molar-refractivity contribution is 6.00. The molecule has 0 saturated carbocycles. The van der Waals surface area contributed by atoms with E-state index in [2.05, 4.69) is 29.4 Å². The summed E-state index contributed by atoms with van der Waals surface area (Å²) in [4.78, 5) is 4.34. The lowest BCUT2D eigenvalue weighted by Gasteiger charge is -2.29. The summed E-state index contributed by atoms with van der Waals surface area (Å²) in [6.07, 6.45) is 4.26. The van der Waals surface area contributed by atoms with Crippen molar-refractivity contribution >= 4 is 22.1 Å². The van der Waals surface area contributed by atoms with E-state index in [1.807, 2.05) is 19.2 Å². The highest BCUT2D eigenvalue weighted by atomic mass is 16.5. The van der Waals surface area contributed by atoms with Crippen LogP contribution in [0.25, 0.3) is 10.8 Å². The molecule has 2 atom stereocenters. The highest BCUT2D eigenvalue weighted by Gasteiger charge is 2.19. The number of benzene rings is 1. The standard InChI is InChI=1S/C16H21N3O/c1-10-7-13-14(9-18-10)15(17)3-4-16(13)19-12-5-6-20-11(2)8-12/h3-4,7,9,11-12,19H,5-6,8,17H2,1-2H3. The third-order valence-corrected chi connectivity index (χ3v) is 3.92. The van der Waals surface area contributed by atoms with Gasteiger partial charge in [-0.15, -0.1) is 0 Å². The summed E-state index contributed by atoms with van der Waals surface area (Å²) in [6, 6.07) is 6.57. The minimum atomic E-state index is 0.324. The molecule has 106 valence electrons. The molecule has 1 aromatic heterocycles.